The van der Waals surface area contributed by atoms with Gasteiger partial charge < -0.3 is 10.2 Å². The number of carbonyl (C=O) groups excluding carboxylic acids is 2. The van der Waals surface area contributed by atoms with Gasteiger partial charge in [0.05, 0.1) is 6.42 Å². The van der Waals surface area contributed by atoms with Crippen molar-refractivity contribution in [2.45, 2.75) is 70.9 Å². The Hall–Kier alpha value is -2.62. The molecule has 1 aliphatic carbocycles. The number of hydrogen-bond donors (Lipinski definition) is 1. The number of hydrogen-bond acceptors (Lipinski definition) is 2. The van der Waals surface area contributed by atoms with Gasteiger partial charge in [-0.1, -0.05) is 79.4 Å². The molecule has 1 N–H and O–H groups in total. The Kier molecular flexibility index (Phi) is 8.06. The third-order valence-electron chi connectivity index (χ3n) is 6.08. The standard InChI is InChI=1S/C26H34N2O2/c1-20-13-15-23(16-14-20)19-25(29)28(18-17-22-9-5-3-6-10-22)21(2)26(30)27-24-11-7-4-8-12-24/h3,5-6,9-10,13-16,21,24H,4,7-8,11-12,17-19H2,1-2H3,(H,27,30)/t21-/m1/s1. The predicted octanol–water partition coefficient (Wildman–Crippen LogP) is 4.45. The van der Waals surface area contributed by atoms with Crippen LogP contribution in [0.1, 0.15) is 55.7 Å². The van der Waals surface area contributed by atoms with Crippen LogP contribution in [0, 0.1) is 6.92 Å². The van der Waals surface area contributed by atoms with Crippen molar-refractivity contribution in [2.75, 3.05) is 6.54 Å². The van der Waals surface area contributed by atoms with E-state index < -0.39 is 6.04 Å². The van der Waals surface area contributed by atoms with Crippen LogP contribution >= 0.6 is 0 Å². The van der Waals surface area contributed by atoms with E-state index in [1.807, 2.05) is 56.3 Å². The lowest BCUT2D eigenvalue weighted by Crippen LogP contribution is -2.51. The second-order valence-electron chi connectivity index (χ2n) is 8.50. The molecule has 3 rings (SSSR count). The summed E-state index contributed by atoms with van der Waals surface area (Å²) in [5.74, 6) is -0.0340. The first kappa shape index (κ1) is 22.1. The van der Waals surface area contributed by atoms with E-state index in [1.54, 1.807) is 4.90 Å². The Bertz CT molecular complexity index is 811. The molecule has 0 radical (unpaired) electrons. The highest BCUT2D eigenvalue weighted by Crippen LogP contribution is 2.18. The molecule has 1 aliphatic rings. The topological polar surface area (TPSA) is 49.4 Å². The second-order valence-corrected chi connectivity index (χ2v) is 8.50. The van der Waals surface area contributed by atoms with E-state index >= 15 is 0 Å². The zero-order chi connectivity index (χ0) is 21.3. The molecular formula is C26H34N2O2. The van der Waals surface area contributed by atoms with Crippen LogP contribution in [0.3, 0.4) is 0 Å². The van der Waals surface area contributed by atoms with Gasteiger partial charge >= 0.3 is 0 Å². The third kappa shape index (κ3) is 6.45. The second kappa shape index (κ2) is 11.0. The van der Waals surface area contributed by atoms with E-state index in [9.17, 15) is 9.59 Å². The number of benzene rings is 2. The number of amides is 2. The van der Waals surface area contributed by atoms with Crippen molar-refractivity contribution in [2.24, 2.45) is 0 Å². The van der Waals surface area contributed by atoms with E-state index in [0.717, 1.165) is 24.8 Å². The minimum atomic E-state index is -0.478. The van der Waals surface area contributed by atoms with Gasteiger partial charge in [-0.3, -0.25) is 9.59 Å². The molecule has 4 heteroatoms. The van der Waals surface area contributed by atoms with Gasteiger partial charge in [-0.15, -0.1) is 0 Å². The van der Waals surface area contributed by atoms with Crippen molar-refractivity contribution in [3.05, 3.63) is 71.3 Å². The maximum Gasteiger partial charge on any atom is 0.242 e. The smallest absolute Gasteiger partial charge is 0.242 e. The molecule has 4 nitrogen and oxygen atoms in total. The van der Waals surface area contributed by atoms with Gasteiger partial charge in [0, 0.05) is 12.6 Å². The zero-order valence-corrected chi connectivity index (χ0v) is 18.3. The van der Waals surface area contributed by atoms with Gasteiger partial charge in [0.15, 0.2) is 0 Å². The summed E-state index contributed by atoms with van der Waals surface area (Å²) in [4.78, 5) is 27.9. The largest absolute Gasteiger partial charge is 0.352 e. The summed E-state index contributed by atoms with van der Waals surface area (Å²) in [5.41, 5.74) is 3.33. The van der Waals surface area contributed by atoms with Crippen molar-refractivity contribution in [1.29, 1.82) is 0 Å². The number of nitrogens with one attached hydrogen (secondary N) is 1. The molecule has 30 heavy (non-hydrogen) atoms. The highest BCUT2D eigenvalue weighted by molar-refractivity contribution is 5.88. The molecule has 160 valence electrons. The number of nitrogens with zero attached hydrogens (tertiary/aromatic N) is 1. The summed E-state index contributed by atoms with van der Waals surface area (Å²) in [7, 11) is 0. The van der Waals surface area contributed by atoms with Crippen molar-refractivity contribution in [3.8, 4) is 0 Å². The first-order valence-corrected chi connectivity index (χ1v) is 11.2. The van der Waals surface area contributed by atoms with Gasteiger partial charge in [-0.05, 0) is 44.2 Å². The summed E-state index contributed by atoms with van der Waals surface area (Å²) < 4.78 is 0. The van der Waals surface area contributed by atoms with Crippen LogP contribution in [0.25, 0.3) is 0 Å². The Morgan fingerprint density at radius 3 is 2.30 bits per heavy atom. The summed E-state index contributed by atoms with van der Waals surface area (Å²) in [5, 5.41) is 3.19. The fourth-order valence-corrected chi connectivity index (χ4v) is 4.12. The maximum atomic E-state index is 13.2. The molecule has 1 atom stereocenters. The minimum Gasteiger partial charge on any atom is -0.352 e. The number of aryl methyl sites for hydroxylation is 1. The molecule has 2 aromatic rings. The lowest BCUT2D eigenvalue weighted by atomic mass is 9.95. The summed E-state index contributed by atoms with van der Waals surface area (Å²) in [6.07, 6.45) is 6.73. The number of carbonyl (C=O) groups is 2. The zero-order valence-electron chi connectivity index (χ0n) is 18.3. The SMILES string of the molecule is Cc1ccc(CC(=O)N(CCc2ccccc2)[C@H](C)C(=O)NC2CCCCC2)cc1. The van der Waals surface area contributed by atoms with E-state index in [1.165, 1.54) is 30.4 Å². The minimum absolute atomic E-state index is 0.000998. The monoisotopic (exact) mass is 406 g/mol. The van der Waals surface area contributed by atoms with Gasteiger partial charge in [-0.25, -0.2) is 0 Å². The number of rotatable bonds is 8. The summed E-state index contributed by atoms with van der Waals surface area (Å²) in [6.45, 7) is 4.43. The first-order chi connectivity index (χ1) is 14.5. The van der Waals surface area contributed by atoms with Crippen molar-refractivity contribution < 1.29 is 9.59 Å². The molecule has 0 unspecified atom stereocenters. The van der Waals surface area contributed by atoms with Crippen LogP contribution in [-0.2, 0) is 22.4 Å². The Morgan fingerprint density at radius 2 is 1.63 bits per heavy atom. The van der Waals surface area contributed by atoms with Crippen LogP contribution in [0.5, 0.6) is 0 Å². The van der Waals surface area contributed by atoms with Crippen LogP contribution in [0.15, 0.2) is 54.6 Å². The van der Waals surface area contributed by atoms with E-state index in [2.05, 4.69) is 17.4 Å². The fraction of sp³-hybridized carbons (Fsp3) is 0.462. The van der Waals surface area contributed by atoms with Crippen molar-refractivity contribution in [3.63, 3.8) is 0 Å². The highest BCUT2D eigenvalue weighted by atomic mass is 16.2. The van der Waals surface area contributed by atoms with E-state index in [-0.39, 0.29) is 17.9 Å². The fourth-order valence-electron chi connectivity index (χ4n) is 4.12. The Balaban J connectivity index is 1.68. The maximum absolute atomic E-state index is 13.2. The van der Waals surface area contributed by atoms with E-state index in [4.69, 9.17) is 0 Å². The Labute approximate surface area is 180 Å². The lowest BCUT2D eigenvalue weighted by molar-refractivity contribution is -0.139. The van der Waals surface area contributed by atoms with Gasteiger partial charge in [0.2, 0.25) is 11.8 Å². The van der Waals surface area contributed by atoms with Crippen LogP contribution in [0.4, 0.5) is 0 Å². The van der Waals surface area contributed by atoms with Gasteiger partial charge in [0.25, 0.3) is 0 Å². The quantitative estimate of drug-likeness (QED) is 0.704. The summed E-state index contributed by atoms with van der Waals surface area (Å²) >= 11 is 0. The Morgan fingerprint density at radius 1 is 0.967 bits per heavy atom. The van der Waals surface area contributed by atoms with Crippen LogP contribution in [-0.4, -0.2) is 35.3 Å². The highest BCUT2D eigenvalue weighted by Gasteiger charge is 2.27. The third-order valence-corrected chi connectivity index (χ3v) is 6.08. The van der Waals surface area contributed by atoms with Crippen molar-refractivity contribution >= 4 is 11.8 Å². The first-order valence-electron chi connectivity index (χ1n) is 11.2. The molecule has 0 saturated heterocycles. The van der Waals surface area contributed by atoms with Gasteiger partial charge in [-0.2, -0.15) is 0 Å². The lowest BCUT2D eigenvalue weighted by Gasteiger charge is -2.31. The van der Waals surface area contributed by atoms with Crippen LogP contribution < -0.4 is 5.32 Å². The molecule has 0 bridgehead atoms. The molecule has 2 amide bonds. The molecule has 0 aliphatic heterocycles. The van der Waals surface area contributed by atoms with Crippen molar-refractivity contribution in [1.82, 2.24) is 10.2 Å². The summed E-state index contributed by atoms with van der Waals surface area (Å²) in [6, 6.07) is 17.9. The molecule has 0 aromatic heterocycles. The molecule has 0 spiro atoms. The van der Waals surface area contributed by atoms with Gasteiger partial charge in [0.1, 0.15) is 6.04 Å². The molecule has 0 heterocycles. The molecule has 1 fully saturated rings. The molecule has 1 saturated carbocycles. The molecule has 2 aromatic carbocycles. The predicted molar refractivity (Wildman–Crippen MR) is 121 cm³/mol. The normalized spacial score (nSPS) is 15.4. The average molecular weight is 407 g/mol. The van der Waals surface area contributed by atoms with Crippen LogP contribution in [0.2, 0.25) is 0 Å². The van der Waals surface area contributed by atoms with E-state index in [0.29, 0.717) is 13.0 Å². The molecular weight excluding hydrogens is 372 g/mol. The average Bonchev–Trinajstić information content (AvgIpc) is 2.77.